The number of hydrogen-bond acceptors (Lipinski definition) is 6. The molecule has 0 radical (unpaired) electrons. The third kappa shape index (κ3) is 8.70. The van der Waals surface area contributed by atoms with Crippen molar-refractivity contribution >= 4 is 49.4 Å². The minimum Gasteiger partial charge on any atom is -0.493 e. The number of benzene rings is 2. The highest BCUT2D eigenvalue weighted by Crippen LogP contribution is 2.31. The van der Waals surface area contributed by atoms with Gasteiger partial charge in [-0.05, 0) is 71.6 Å². The third-order valence-corrected chi connectivity index (χ3v) is 6.02. The molecule has 0 aliphatic rings. The van der Waals surface area contributed by atoms with Gasteiger partial charge in [0, 0.05) is 16.7 Å². The quantitative estimate of drug-likeness (QED) is 0.305. The molecule has 2 amide bonds. The molecule has 8 nitrogen and oxygen atoms in total. The maximum atomic E-state index is 12.1. The van der Waals surface area contributed by atoms with Crippen molar-refractivity contribution < 1.29 is 23.8 Å². The molecule has 0 heterocycles. The molecule has 2 aromatic rings. The smallest absolute Gasteiger partial charge is 0.277 e. The number of methoxy groups -OCH3 is 2. The molecule has 2 rings (SSSR count). The summed E-state index contributed by atoms with van der Waals surface area (Å²) in [4.78, 5) is 24.1. The monoisotopic (exact) mass is 583 g/mol. The van der Waals surface area contributed by atoms with Gasteiger partial charge in [-0.15, -0.1) is 0 Å². The van der Waals surface area contributed by atoms with E-state index in [9.17, 15) is 9.59 Å². The second kappa shape index (κ2) is 13.2. The third-order valence-electron chi connectivity index (χ3n) is 4.54. The van der Waals surface area contributed by atoms with Crippen LogP contribution in [0.3, 0.4) is 0 Å². The van der Waals surface area contributed by atoms with Crippen LogP contribution in [0, 0.1) is 6.92 Å². The average molecular weight is 585 g/mol. The number of carbonyl (C=O) groups excluding carboxylic acids is 2. The number of ether oxygens (including phenoxy) is 3. The van der Waals surface area contributed by atoms with Crippen LogP contribution < -0.4 is 25.0 Å². The molecule has 0 aliphatic carbocycles. The van der Waals surface area contributed by atoms with Gasteiger partial charge in [-0.25, -0.2) is 5.43 Å². The molecule has 0 spiro atoms. The fourth-order valence-electron chi connectivity index (χ4n) is 2.79. The zero-order valence-corrected chi connectivity index (χ0v) is 22.1. The van der Waals surface area contributed by atoms with E-state index in [4.69, 9.17) is 14.2 Å². The Labute approximate surface area is 210 Å². The van der Waals surface area contributed by atoms with E-state index < -0.39 is 5.91 Å². The summed E-state index contributed by atoms with van der Waals surface area (Å²) >= 11 is 6.83. The fourth-order valence-corrected chi connectivity index (χ4v) is 3.90. The number of hydrogen-bond donors (Lipinski definition) is 2. The van der Waals surface area contributed by atoms with E-state index in [0.717, 1.165) is 20.1 Å². The molecule has 0 saturated heterocycles. The Balaban J connectivity index is 1.73. The second-order valence-corrected chi connectivity index (χ2v) is 8.88. The molecule has 2 N–H and O–H groups in total. The summed E-state index contributed by atoms with van der Waals surface area (Å²) < 4.78 is 17.7. The SMILES string of the molecule is COc1ccc(CCNC(=O)CC(C)=NNC(=O)COc2cc(C)c(Br)cc2Br)cc1OC. The predicted octanol–water partition coefficient (Wildman–Crippen LogP) is 4.16. The first-order valence-corrected chi connectivity index (χ1v) is 11.7. The summed E-state index contributed by atoms with van der Waals surface area (Å²) in [6, 6.07) is 9.31. The van der Waals surface area contributed by atoms with Crippen LogP contribution in [0.25, 0.3) is 0 Å². The summed E-state index contributed by atoms with van der Waals surface area (Å²) in [6.45, 7) is 3.86. The summed E-state index contributed by atoms with van der Waals surface area (Å²) in [7, 11) is 3.16. The number of hydrazone groups is 1. The maximum absolute atomic E-state index is 12.1. The van der Waals surface area contributed by atoms with E-state index in [1.165, 1.54) is 0 Å². The number of halogens is 2. The Hall–Kier alpha value is -2.59. The Kier molecular flexibility index (Phi) is 10.7. The Bertz CT molecular complexity index is 1030. The van der Waals surface area contributed by atoms with Gasteiger partial charge < -0.3 is 19.5 Å². The molecule has 0 atom stereocenters. The van der Waals surface area contributed by atoms with Gasteiger partial charge in [0.25, 0.3) is 5.91 Å². The maximum Gasteiger partial charge on any atom is 0.277 e. The first kappa shape index (κ1) is 26.7. The standard InChI is InChI=1S/C23H27Br2N3O5/c1-14-9-20(18(25)12-17(14)24)33-13-23(30)28-27-15(2)10-22(29)26-8-7-16-5-6-19(31-3)21(11-16)32-4/h5-6,9,11-12H,7-8,10,13H2,1-4H3,(H,26,29)(H,28,30). The van der Waals surface area contributed by atoms with Crippen LogP contribution in [0.4, 0.5) is 0 Å². The number of nitrogens with zero attached hydrogens (tertiary/aromatic N) is 1. The molecule has 2 aromatic carbocycles. The first-order chi connectivity index (χ1) is 15.7. The van der Waals surface area contributed by atoms with Crippen molar-refractivity contribution in [3.05, 3.63) is 50.4 Å². The van der Waals surface area contributed by atoms with Crippen molar-refractivity contribution in [3.63, 3.8) is 0 Å². The van der Waals surface area contributed by atoms with Gasteiger partial charge >= 0.3 is 0 Å². The van der Waals surface area contributed by atoms with Crippen LogP contribution in [0.1, 0.15) is 24.5 Å². The molecular formula is C23H27Br2N3O5. The second-order valence-electron chi connectivity index (χ2n) is 7.17. The first-order valence-electron chi connectivity index (χ1n) is 10.1. The molecule has 33 heavy (non-hydrogen) atoms. The van der Waals surface area contributed by atoms with Crippen molar-refractivity contribution in [2.75, 3.05) is 27.4 Å². The van der Waals surface area contributed by atoms with Crippen molar-refractivity contribution in [1.82, 2.24) is 10.7 Å². The zero-order valence-electron chi connectivity index (χ0n) is 19.0. The number of carbonyl (C=O) groups is 2. The lowest BCUT2D eigenvalue weighted by Gasteiger charge is -2.10. The molecule has 10 heteroatoms. The average Bonchev–Trinajstić information content (AvgIpc) is 2.79. The number of nitrogens with one attached hydrogen (secondary N) is 2. The minimum absolute atomic E-state index is 0.0739. The number of amides is 2. The fraction of sp³-hybridized carbons (Fsp3) is 0.348. The minimum atomic E-state index is -0.421. The van der Waals surface area contributed by atoms with Crippen molar-refractivity contribution in [2.24, 2.45) is 5.10 Å². The molecule has 0 bridgehead atoms. The lowest BCUT2D eigenvalue weighted by molar-refractivity contribution is -0.123. The van der Waals surface area contributed by atoms with E-state index in [1.54, 1.807) is 21.1 Å². The molecule has 0 fully saturated rings. The summed E-state index contributed by atoms with van der Waals surface area (Å²) in [5.74, 6) is 1.25. The molecule has 178 valence electrons. The van der Waals surface area contributed by atoms with Gasteiger partial charge in [-0.1, -0.05) is 22.0 Å². The predicted molar refractivity (Wildman–Crippen MR) is 134 cm³/mol. The Morgan fingerprint density at radius 2 is 1.70 bits per heavy atom. The van der Waals surface area contributed by atoms with Gasteiger partial charge in [0.05, 0.1) is 25.1 Å². The largest absolute Gasteiger partial charge is 0.493 e. The molecule has 0 saturated carbocycles. The van der Waals surface area contributed by atoms with Gasteiger partial charge in [-0.2, -0.15) is 5.10 Å². The lowest BCUT2D eigenvalue weighted by Crippen LogP contribution is -2.29. The molecular weight excluding hydrogens is 558 g/mol. The molecule has 0 aromatic heterocycles. The van der Waals surface area contributed by atoms with Gasteiger partial charge in [0.2, 0.25) is 5.91 Å². The Morgan fingerprint density at radius 3 is 2.39 bits per heavy atom. The number of rotatable bonds is 11. The van der Waals surface area contributed by atoms with E-state index in [0.29, 0.717) is 35.9 Å². The van der Waals surface area contributed by atoms with E-state index in [1.807, 2.05) is 37.3 Å². The van der Waals surface area contributed by atoms with E-state index in [2.05, 4.69) is 47.7 Å². The van der Waals surface area contributed by atoms with Crippen LogP contribution >= 0.6 is 31.9 Å². The summed E-state index contributed by atoms with van der Waals surface area (Å²) in [6.07, 6.45) is 0.714. The highest BCUT2D eigenvalue weighted by atomic mass is 79.9. The van der Waals surface area contributed by atoms with Gasteiger partial charge in [0.1, 0.15) is 5.75 Å². The van der Waals surface area contributed by atoms with Crippen LogP contribution in [-0.2, 0) is 16.0 Å². The summed E-state index contributed by atoms with van der Waals surface area (Å²) in [5, 5.41) is 6.81. The van der Waals surface area contributed by atoms with Gasteiger partial charge in [0.15, 0.2) is 18.1 Å². The van der Waals surface area contributed by atoms with Crippen LogP contribution in [-0.4, -0.2) is 44.9 Å². The highest BCUT2D eigenvalue weighted by Gasteiger charge is 2.09. The van der Waals surface area contributed by atoms with Crippen molar-refractivity contribution in [2.45, 2.75) is 26.7 Å². The van der Waals surface area contributed by atoms with Crippen molar-refractivity contribution in [1.29, 1.82) is 0 Å². The lowest BCUT2D eigenvalue weighted by atomic mass is 10.1. The van der Waals surface area contributed by atoms with Crippen LogP contribution in [0.5, 0.6) is 17.2 Å². The summed E-state index contributed by atoms with van der Waals surface area (Å²) in [5.41, 5.74) is 4.88. The van der Waals surface area contributed by atoms with Crippen LogP contribution in [0.15, 0.2) is 44.4 Å². The molecule has 0 unspecified atom stereocenters. The zero-order chi connectivity index (χ0) is 24.4. The topological polar surface area (TPSA) is 98.2 Å². The molecule has 0 aliphatic heterocycles. The van der Waals surface area contributed by atoms with E-state index >= 15 is 0 Å². The van der Waals surface area contributed by atoms with Gasteiger partial charge in [-0.3, -0.25) is 9.59 Å². The van der Waals surface area contributed by atoms with E-state index in [-0.39, 0.29) is 18.9 Å². The normalized spacial score (nSPS) is 11.0. The van der Waals surface area contributed by atoms with Crippen molar-refractivity contribution in [3.8, 4) is 17.2 Å². The highest BCUT2D eigenvalue weighted by molar-refractivity contribution is 9.11. The number of aryl methyl sites for hydroxylation is 1. The van der Waals surface area contributed by atoms with Crippen LogP contribution in [0.2, 0.25) is 0 Å². The Morgan fingerprint density at radius 1 is 0.970 bits per heavy atom.